The first-order valence-electron chi connectivity index (χ1n) is 6.59. The molecule has 1 atom stereocenters. The Morgan fingerprint density at radius 1 is 1.30 bits per heavy atom. The predicted octanol–water partition coefficient (Wildman–Crippen LogP) is 1.97. The molecule has 10 nitrogen and oxygen atoms in total. The molecule has 10 heteroatoms. The minimum atomic E-state index is -0.589. The number of hydrogen-bond acceptors (Lipinski definition) is 6. The molecule has 120 valence electrons. The van der Waals surface area contributed by atoms with Crippen molar-refractivity contribution in [2.24, 2.45) is 5.92 Å². The van der Waals surface area contributed by atoms with Crippen molar-refractivity contribution in [2.45, 2.75) is 13.5 Å². The molecule has 0 saturated carbocycles. The van der Waals surface area contributed by atoms with Crippen LogP contribution in [0.2, 0.25) is 0 Å². The highest BCUT2D eigenvalue weighted by Gasteiger charge is 2.20. The number of para-hydroxylation sites is 2. The van der Waals surface area contributed by atoms with Crippen LogP contribution in [0.4, 0.5) is 17.1 Å². The third-order valence-electron chi connectivity index (χ3n) is 3.10. The number of amides is 1. The van der Waals surface area contributed by atoms with Crippen molar-refractivity contribution in [3.05, 3.63) is 56.9 Å². The van der Waals surface area contributed by atoms with E-state index in [0.29, 0.717) is 0 Å². The van der Waals surface area contributed by atoms with E-state index in [1.807, 2.05) is 0 Å². The van der Waals surface area contributed by atoms with Gasteiger partial charge in [0.15, 0.2) is 0 Å². The first-order valence-corrected chi connectivity index (χ1v) is 6.59. The maximum Gasteiger partial charge on any atom is 0.306 e. The number of nitrogens with zero attached hydrogens (tertiary/aromatic N) is 4. The first kappa shape index (κ1) is 16.1. The zero-order valence-electron chi connectivity index (χ0n) is 12.1. The van der Waals surface area contributed by atoms with Gasteiger partial charge in [0.2, 0.25) is 5.91 Å². The summed E-state index contributed by atoms with van der Waals surface area (Å²) in [6, 6.07) is 5.79. The molecule has 1 N–H and O–H groups in total. The number of nitro benzene ring substituents is 1. The molecule has 0 aliphatic carbocycles. The van der Waals surface area contributed by atoms with E-state index in [2.05, 4.69) is 10.4 Å². The van der Waals surface area contributed by atoms with Gasteiger partial charge in [-0.1, -0.05) is 19.1 Å². The molecule has 0 spiro atoms. The molecule has 0 aliphatic heterocycles. The van der Waals surface area contributed by atoms with Gasteiger partial charge >= 0.3 is 5.69 Å². The molecule has 0 saturated heterocycles. The average molecular weight is 319 g/mol. The third kappa shape index (κ3) is 3.87. The maximum atomic E-state index is 12.1. The number of aromatic nitrogens is 2. The van der Waals surface area contributed by atoms with Crippen LogP contribution in [0.15, 0.2) is 36.7 Å². The molecule has 1 aromatic carbocycles. The van der Waals surface area contributed by atoms with Crippen LogP contribution in [0.3, 0.4) is 0 Å². The van der Waals surface area contributed by atoms with Gasteiger partial charge in [-0.05, 0) is 6.07 Å². The van der Waals surface area contributed by atoms with E-state index in [1.54, 1.807) is 13.0 Å². The van der Waals surface area contributed by atoms with E-state index in [1.165, 1.54) is 29.1 Å². The van der Waals surface area contributed by atoms with E-state index in [4.69, 9.17) is 0 Å². The quantitative estimate of drug-likeness (QED) is 0.639. The second-order valence-electron chi connectivity index (χ2n) is 4.84. The van der Waals surface area contributed by atoms with Crippen molar-refractivity contribution in [2.75, 3.05) is 5.32 Å². The summed E-state index contributed by atoms with van der Waals surface area (Å²) < 4.78 is 1.28. The summed E-state index contributed by atoms with van der Waals surface area (Å²) in [5.74, 6) is -1.04. The summed E-state index contributed by atoms with van der Waals surface area (Å²) in [5, 5.41) is 27.8. The monoisotopic (exact) mass is 319 g/mol. The molecule has 0 aliphatic rings. The lowest BCUT2D eigenvalue weighted by Crippen LogP contribution is -2.25. The van der Waals surface area contributed by atoms with Gasteiger partial charge in [-0.3, -0.25) is 29.7 Å². The van der Waals surface area contributed by atoms with Crippen LogP contribution >= 0.6 is 0 Å². The summed E-state index contributed by atoms with van der Waals surface area (Å²) in [6.45, 7) is 1.71. The van der Waals surface area contributed by atoms with Gasteiger partial charge < -0.3 is 5.32 Å². The highest BCUT2D eigenvalue weighted by atomic mass is 16.6. The van der Waals surface area contributed by atoms with E-state index in [-0.39, 0.29) is 23.6 Å². The Morgan fingerprint density at radius 3 is 2.61 bits per heavy atom. The van der Waals surface area contributed by atoms with Crippen molar-refractivity contribution < 1.29 is 14.6 Å². The fourth-order valence-corrected chi connectivity index (χ4v) is 1.90. The number of benzene rings is 1. The molecule has 1 amide bonds. The van der Waals surface area contributed by atoms with Crippen molar-refractivity contribution in [3.8, 4) is 0 Å². The van der Waals surface area contributed by atoms with Crippen LogP contribution < -0.4 is 5.32 Å². The number of nitrogens with one attached hydrogen (secondary N) is 1. The Hall–Kier alpha value is -3.30. The third-order valence-corrected chi connectivity index (χ3v) is 3.10. The van der Waals surface area contributed by atoms with Crippen molar-refractivity contribution in [3.63, 3.8) is 0 Å². The van der Waals surface area contributed by atoms with Crippen LogP contribution in [0.1, 0.15) is 6.92 Å². The Morgan fingerprint density at radius 2 is 2.00 bits per heavy atom. The number of carbonyl (C=O) groups excluding carboxylic acids is 1. The molecule has 1 unspecified atom stereocenters. The Labute approximate surface area is 130 Å². The summed E-state index contributed by atoms with van der Waals surface area (Å²) in [7, 11) is 0. The number of carbonyl (C=O) groups is 1. The summed E-state index contributed by atoms with van der Waals surface area (Å²) in [5.41, 5.74) is -0.278. The smallest absolute Gasteiger partial charge is 0.306 e. The van der Waals surface area contributed by atoms with Gasteiger partial charge in [-0.2, -0.15) is 5.10 Å². The van der Waals surface area contributed by atoms with Gasteiger partial charge in [-0.25, -0.2) is 0 Å². The van der Waals surface area contributed by atoms with E-state index in [9.17, 15) is 25.0 Å². The fraction of sp³-hybridized carbons (Fsp3) is 0.231. The fourth-order valence-electron chi connectivity index (χ4n) is 1.90. The Kier molecular flexibility index (Phi) is 4.64. The van der Waals surface area contributed by atoms with E-state index < -0.39 is 21.7 Å². The molecular formula is C13H13N5O5. The largest absolute Gasteiger partial charge is 0.320 e. The number of anilines is 1. The lowest BCUT2D eigenvalue weighted by molar-refractivity contribution is -0.385. The highest BCUT2D eigenvalue weighted by molar-refractivity contribution is 5.94. The number of rotatable bonds is 6. The van der Waals surface area contributed by atoms with Crippen LogP contribution in [0.25, 0.3) is 0 Å². The molecule has 23 heavy (non-hydrogen) atoms. The van der Waals surface area contributed by atoms with Gasteiger partial charge in [0.05, 0.1) is 22.3 Å². The lowest BCUT2D eigenvalue weighted by Gasteiger charge is -2.12. The molecule has 0 fully saturated rings. The van der Waals surface area contributed by atoms with Crippen LogP contribution in [0, 0.1) is 26.1 Å². The maximum absolute atomic E-state index is 12.1. The Bertz CT molecular complexity index is 757. The van der Waals surface area contributed by atoms with Gasteiger partial charge in [0.1, 0.15) is 18.1 Å². The second-order valence-corrected chi connectivity index (χ2v) is 4.84. The minimum absolute atomic E-state index is 0.0980. The van der Waals surface area contributed by atoms with Crippen LogP contribution in [-0.4, -0.2) is 25.5 Å². The first-order chi connectivity index (χ1) is 10.9. The van der Waals surface area contributed by atoms with Gasteiger partial charge in [-0.15, -0.1) is 0 Å². The molecule has 0 bridgehead atoms. The zero-order valence-corrected chi connectivity index (χ0v) is 12.1. The van der Waals surface area contributed by atoms with E-state index >= 15 is 0 Å². The molecule has 1 heterocycles. The molecule has 2 rings (SSSR count). The van der Waals surface area contributed by atoms with Gasteiger partial charge in [0, 0.05) is 6.07 Å². The number of hydrogen-bond donors (Lipinski definition) is 1. The van der Waals surface area contributed by atoms with E-state index in [0.717, 1.165) is 6.20 Å². The molecular weight excluding hydrogens is 306 g/mol. The summed E-state index contributed by atoms with van der Waals surface area (Å²) >= 11 is 0. The highest BCUT2D eigenvalue weighted by Crippen LogP contribution is 2.23. The van der Waals surface area contributed by atoms with Crippen LogP contribution in [-0.2, 0) is 11.3 Å². The van der Waals surface area contributed by atoms with Crippen LogP contribution in [0.5, 0.6) is 0 Å². The standard InChI is InChI=1S/C13H13N5O5/c1-9(7-16-8-10(6-14-16)17(20)21)13(19)15-11-4-2-3-5-12(11)18(22)23/h2-6,8-9H,7H2,1H3,(H,15,19). The van der Waals surface area contributed by atoms with Crippen molar-refractivity contribution >= 4 is 23.0 Å². The van der Waals surface area contributed by atoms with Gasteiger partial charge in [0.25, 0.3) is 5.69 Å². The summed E-state index contributed by atoms with van der Waals surface area (Å²) in [4.78, 5) is 32.4. The van der Waals surface area contributed by atoms with Crippen molar-refractivity contribution in [1.82, 2.24) is 9.78 Å². The molecule has 2 aromatic rings. The topological polar surface area (TPSA) is 133 Å². The zero-order chi connectivity index (χ0) is 17.0. The predicted molar refractivity (Wildman–Crippen MR) is 79.8 cm³/mol. The normalized spacial score (nSPS) is 11.7. The molecule has 0 radical (unpaired) electrons. The second kappa shape index (κ2) is 6.64. The molecule has 1 aromatic heterocycles. The average Bonchev–Trinajstić information content (AvgIpc) is 2.96. The Balaban J connectivity index is 2.05. The SMILES string of the molecule is CC(Cn1cc([N+](=O)[O-])cn1)C(=O)Nc1ccccc1[N+](=O)[O-]. The lowest BCUT2D eigenvalue weighted by atomic mass is 10.1. The van der Waals surface area contributed by atoms with Crippen molar-refractivity contribution in [1.29, 1.82) is 0 Å². The minimum Gasteiger partial charge on any atom is -0.320 e. The summed E-state index contributed by atoms with van der Waals surface area (Å²) in [6.07, 6.45) is 2.31. The number of nitro groups is 2.